The zero-order chi connectivity index (χ0) is 18.5. The molecule has 3 aromatic rings. The highest BCUT2D eigenvalue weighted by atomic mass is 16.4. The van der Waals surface area contributed by atoms with Gasteiger partial charge in [0.2, 0.25) is 0 Å². The summed E-state index contributed by atoms with van der Waals surface area (Å²) in [5, 5.41) is 31.2. The lowest BCUT2D eigenvalue weighted by molar-refractivity contribution is -0.112. The normalized spacial score (nSPS) is 11.0. The van der Waals surface area contributed by atoms with Gasteiger partial charge in [-0.15, -0.1) is 0 Å². The van der Waals surface area contributed by atoms with Crippen molar-refractivity contribution >= 4 is 34.2 Å². The monoisotopic (exact) mass is 347 g/mol. The molecule has 0 fully saturated rings. The van der Waals surface area contributed by atoms with Crippen molar-refractivity contribution in [2.75, 3.05) is 10.6 Å². The van der Waals surface area contributed by atoms with E-state index in [0.29, 0.717) is 11.4 Å². The minimum Gasteiger partial charge on any atom is -0.478 e. The smallest absolute Gasteiger partial charge is 0.335 e. The van der Waals surface area contributed by atoms with Gasteiger partial charge in [-0.3, -0.25) is 9.89 Å². The van der Waals surface area contributed by atoms with Crippen LogP contribution in [0.5, 0.6) is 0 Å². The number of nitriles is 1. The summed E-state index contributed by atoms with van der Waals surface area (Å²) in [6, 6.07) is 12.9. The first-order valence-corrected chi connectivity index (χ1v) is 7.51. The second-order valence-corrected chi connectivity index (χ2v) is 5.32. The van der Waals surface area contributed by atoms with Crippen LogP contribution >= 0.6 is 0 Å². The Bertz CT molecular complexity index is 1040. The minimum absolute atomic E-state index is 0.106. The number of rotatable bonds is 5. The number of nitrogens with zero attached hydrogens (tertiary/aromatic N) is 2. The molecule has 2 aromatic carbocycles. The molecule has 0 spiro atoms. The van der Waals surface area contributed by atoms with Gasteiger partial charge in [-0.2, -0.15) is 10.4 Å². The van der Waals surface area contributed by atoms with Crippen molar-refractivity contribution < 1.29 is 14.7 Å². The summed E-state index contributed by atoms with van der Waals surface area (Å²) in [5.74, 6) is -1.66. The maximum atomic E-state index is 12.2. The van der Waals surface area contributed by atoms with E-state index >= 15 is 0 Å². The molecule has 128 valence electrons. The Labute approximate surface area is 147 Å². The Morgan fingerprint density at radius 2 is 1.88 bits per heavy atom. The van der Waals surface area contributed by atoms with Gasteiger partial charge in [0.05, 0.1) is 17.3 Å². The molecule has 4 N–H and O–H groups in total. The zero-order valence-corrected chi connectivity index (χ0v) is 13.4. The molecule has 0 atom stereocenters. The summed E-state index contributed by atoms with van der Waals surface area (Å²) in [4.78, 5) is 23.0. The van der Waals surface area contributed by atoms with Gasteiger partial charge in [0.15, 0.2) is 0 Å². The molecule has 1 heterocycles. The lowest BCUT2D eigenvalue weighted by Gasteiger charge is -2.06. The summed E-state index contributed by atoms with van der Waals surface area (Å²) < 4.78 is 0. The number of aromatic carboxylic acids is 1. The van der Waals surface area contributed by atoms with Crippen LogP contribution in [0.2, 0.25) is 0 Å². The first-order chi connectivity index (χ1) is 12.6. The van der Waals surface area contributed by atoms with Crippen LogP contribution in [0.1, 0.15) is 10.4 Å². The van der Waals surface area contributed by atoms with Crippen LogP contribution in [0.15, 0.2) is 60.4 Å². The summed E-state index contributed by atoms with van der Waals surface area (Å²) in [5.41, 5.74) is 1.88. The Morgan fingerprint density at radius 3 is 2.58 bits per heavy atom. The molecule has 3 rings (SSSR count). The van der Waals surface area contributed by atoms with Crippen LogP contribution in [-0.4, -0.2) is 27.2 Å². The van der Waals surface area contributed by atoms with E-state index in [1.807, 2.05) is 12.1 Å². The van der Waals surface area contributed by atoms with Crippen molar-refractivity contribution in [3.63, 3.8) is 0 Å². The van der Waals surface area contributed by atoms with Gasteiger partial charge in [-0.05, 0) is 42.5 Å². The molecule has 0 bridgehead atoms. The lowest BCUT2D eigenvalue weighted by atomic mass is 10.2. The Kier molecular flexibility index (Phi) is 4.63. The maximum Gasteiger partial charge on any atom is 0.335 e. The molecule has 0 saturated carbocycles. The van der Waals surface area contributed by atoms with Crippen LogP contribution in [0, 0.1) is 11.3 Å². The SMILES string of the molecule is N#C/C(=C/Nc1ccc2cn[nH]c2c1)C(=O)Nc1ccc(C(=O)O)cc1. The van der Waals surface area contributed by atoms with Crippen molar-refractivity contribution in [2.24, 2.45) is 0 Å². The van der Waals surface area contributed by atoms with E-state index in [9.17, 15) is 14.9 Å². The van der Waals surface area contributed by atoms with Gasteiger partial charge in [0, 0.05) is 23.0 Å². The van der Waals surface area contributed by atoms with Crippen LogP contribution in [0.4, 0.5) is 11.4 Å². The third kappa shape index (κ3) is 3.68. The molecule has 0 aliphatic rings. The number of aromatic amines is 1. The molecule has 26 heavy (non-hydrogen) atoms. The molecule has 0 aliphatic carbocycles. The molecule has 0 saturated heterocycles. The number of hydrogen-bond donors (Lipinski definition) is 4. The largest absolute Gasteiger partial charge is 0.478 e. The van der Waals surface area contributed by atoms with E-state index in [4.69, 9.17) is 5.11 Å². The van der Waals surface area contributed by atoms with Crippen molar-refractivity contribution in [3.8, 4) is 6.07 Å². The number of H-pyrrole nitrogens is 1. The molecule has 8 nitrogen and oxygen atoms in total. The van der Waals surface area contributed by atoms with E-state index in [1.165, 1.54) is 30.5 Å². The first kappa shape index (κ1) is 16.7. The van der Waals surface area contributed by atoms with Gasteiger partial charge in [0.25, 0.3) is 5.91 Å². The van der Waals surface area contributed by atoms with Gasteiger partial charge >= 0.3 is 5.97 Å². The predicted molar refractivity (Wildman–Crippen MR) is 95.4 cm³/mol. The summed E-state index contributed by atoms with van der Waals surface area (Å²) >= 11 is 0. The van der Waals surface area contributed by atoms with Crippen LogP contribution < -0.4 is 10.6 Å². The number of fused-ring (bicyclic) bond motifs is 1. The average Bonchev–Trinajstić information content (AvgIpc) is 3.10. The van der Waals surface area contributed by atoms with Gasteiger partial charge < -0.3 is 15.7 Å². The van der Waals surface area contributed by atoms with Crippen LogP contribution in [0.25, 0.3) is 10.9 Å². The van der Waals surface area contributed by atoms with E-state index in [-0.39, 0.29) is 11.1 Å². The Hall–Kier alpha value is -4.12. The highest BCUT2D eigenvalue weighted by Crippen LogP contribution is 2.17. The number of hydrogen-bond acceptors (Lipinski definition) is 5. The number of nitrogens with one attached hydrogen (secondary N) is 3. The van der Waals surface area contributed by atoms with Gasteiger partial charge in [0.1, 0.15) is 11.6 Å². The minimum atomic E-state index is -1.06. The van der Waals surface area contributed by atoms with E-state index in [0.717, 1.165) is 10.9 Å². The molecule has 8 heteroatoms. The topological polar surface area (TPSA) is 131 Å². The number of aromatic nitrogens is 2. The van der Waals surface area contributed by atoms with Crippen molar-refractivity contribution in [2.45, 2.75) is 0 Å². The quantitative estimate of drug-likeness (QED) is 0.414. The molecule has 0 unspecified atom stereocenters. The van der Waals surface area contributed by atoms with E-state index in [1.54, 1.807) is 18.3 Å². The number of carbonyl (C=O) groups excluding carboxylic acids is 1. The van der Waals surface area contributed by atoms with E-state index < -0.39 is 11.9 Å². The average molecular weight is 347 g/mol. The van der Waals surface area contributed by atoms with Crippen molar-refractivity contribution in [1.82, 2.24) is 10.2 Å². The molecule has 1 amide bonds. The van der Waals surface area contributed by atoms with Gasteiger partial charge in [-0.25, -0.2) is 4.79 Å². The molecule has 1 aromatic heterocycles. The first-order valence-electron chi connectivity index (χ1n) is 7.51. The molecular weight excluding hydrogens is 334 g/mol. The number of benzene rings is 2. The lowest BCUT2D eigenvalue weighted by Crippen LogP contribution is -2.14. The highest BCUT2D eigenvalue weighted by molar-refractivity contribution is 6.07. The highest BCUT2D eigenvalue weighted by Gasteiger charge is 2.10. The molecule has 0 radical (unpaired) electrons. The van der Waals surface area contributed by atoms with E-state index in [2.05, 4.69) is 20.8 Å². The Balaban J connectivity index is 1.70. The summed E-state index contributed by atoms with van der Waals surface area (Å²) in [6.45, 7) is 0. The Morgan fingerprint density at radius 1 is 1.15 bits per heavy atom. The predicted octanol–water partition coefficient (Wildman–Crippen LogP) is 2.72. The molecular formula is C18H13N5O3. The fourth-order valence-electron chi connectivity index (χ4n) is 2.23. The fraction of sp³-hybridized carbons (Fsp3) is 0. The molecule has 0 aliphatic heterocycles. The number of carboxylic acid groups (broad SMARTS) is 1. The third-order valence-electron chi connectivity index (χ3n) is 3.58. The summed E-state index contributed by atoms with van der Waals surface area (Å²) in [6.07, 6.45) is 3.00. The second kappa shape index (κ2) is 7.19. The standard InChI is InChI=1S/C18H13N5O3/c19-8-13(9-20-15-6-3-12-10-21-23-16(12)7-15)17(24)22-14-4-1-11(2-5-14)18(25)26/h1-7,9-10,20H,(H,21,23)(H,22,24)(H,25,26)/b13-9-. The van der Waals surface area contributed by atoms with Gasteiger partial charge in [-0.1, -0.05) is 0 Å². The zero-order valence-electron chi connectivity index (χ0n) is 13.4. The summed E-state index contributed by atoms with van der Waals surface area (Å²) in [7, 11) is 0. The fourth-order valence-corrected chi connectivity index (χ4v) is 2.23. The number of carboxylic acids is 1. The number of carbonyl (C=O) groups is 2. The maximum absolute atomic E-state index is 12.2. The third-order valence-corrected chi connectivity index (χ3v) is 3.58. The number of amides is 1. The van der Waals surface area contributed by atoms with Crippen molar-refractivity contribution in [1.29, 1.82) is 5.26 Å². The second-order valence-electron chi connectivity index (χ2n) is 5.32. The van der Waals surface area contributed by atoms with Crippen LogP contribution in [-0.2, 0) is 4.79 Å². The van der Waals surface area contributed by atoms with Crippen molar-refractivity contribution in [3.05, 3.63) is 66.0 Å². The van der Waals surface area contributed by atoms with Crippen LogP contribution in [0.3, 0.4) is 0 Å². The number of anilines is 2.